The van der Waals surface area contributed by atoms with Crippen LogP contribution in [-0.2, 0) is 4.74 Å². The zero-order chi connectivity index (χ0) is 15.4. The highest BCUT2D eigenvalue weighted by atomic mass is 16.5. The lowest BCUT2D eigenvalue weighted by Gasteiger charge is -2.27. The Balaban J connectivity index is 1.63. The average Bonchev–Trinajstić information content (AvgIpc) is 3.01. The van der Waals surface area contributed by atoms with Gasteiger partial charge in [-0.1, -0.05) is 0 Å². The highest BCUT2D eigenvalue weighted by Gasteiger charge is 2.29. The Bertz CT molecular complexity index is 520. The van der Waals surface area contributed by atoms with Crippen LogP contribution in [0.2, 0.25) is 0 Å². The highest BCUT2D eigenvalue weighted by molar-refractivity contribution is 5.94. The molecular formula is C17H25N3O2. The molecule has 120 valence electrons. The largest absolute Gasteiger partial charge is 0.373 e. The fourth-order valence-corrected chi connectivity index (χ4v) is 3.19. The quantitative estimate of drug-likeness (QED) is 0.929. The molecule has 0 unspecified atom stereocenters. The van der Waals surface area contributed by atoms with Crippen molar-refractivity contribution in [2.24, 2.45) is 0 Å². The summed E-state index contributed by atoms with van der Waals surface area (Å²) in [6, 6.07) is 3.66. The van der Waals surface area contributed by atoms with Crippen molar-refractivity contribution >= 4 is 11.7 Å². The Morgan fingerprint density at radius 3 is 2.91 bits per heavy atom. The molecule has 1 N–H and O–H groups in total. The summed E-state index contributed by atoms with van der Waals surface area (Å²) in [4.78, 5) is 18.8. The standard InChI is InChI=1S/C17H25N3O2/c1-17(7-5-11-22-17)13-19-15-12-14(6-8-18-15)16(21)20-9-3-2-4-10-20/h6,8,12H,2-5,7,9-11,13H2,1H3,(H,18,19)/t17-/m1/s1. The van der Waals surface area contributed by atoms with E-state index in [-0.39, 0.29) is 11.5 Å². The van der Waals surface area contributed by atoms with Crippen LogP contribution in [0.5, 0.6) is 0 Å². The third-order valence-electron chi connectivity index (χ3n) is 4.59. The number of hydrogen-bond acceptors (Lipinski definition) is 4. The molecule has 1 amide bonds. The van der Waals surface area contributed by atoms with Gasteiger partial charge in [-0.2, -0.15) is 0 Å². The van der Waals surface area contributed by atoms with E-state index < -0.39 is 0 Å². The Morgan fingerprint density at radius 2 is 2.18 bits per heavy atom. The van der Waals surface area contributed by atoms with E-state index in [0.29, 0.717) is 0 Å². The maximum Gasteiger partial charge on any atom is 0.254 e. The molecule has 2 saturated heterocycles. The van der Waals surface area contributed by atoms with Crippen molar-refractivity contribution in [3.05, 3.63) is 23.9 Å². The molecule has 22 heavy (non-hydrogen) atoms. The topological polar surface area (TPSA) is 54.5 Å². The summed E-state index contributed by atoms with van der Waals surface area (Å²) in [5, 5.41) is 3.32. The monoisotopic (exact) mass is 303 g/mol. The number of amides is 1. The summed E-state index contributed by atoms with van der Waals surface area (Å²) in [5.74, 6) is 0.869. The lowest BCUT2D eigenvalue weighted by molar-refractivity contribution is 0.0315. The second-order valence-electron chi connectivity index (χ2n) is 6.54. The molecule has 1 aromatic rings. The maximum absolute atomic E-state index is 12.5. The second kappa shape index (κ2) is 6.65. The molecule has 2 aliphatic heterocycles. The SMILES string of the molecule is C[C@]1(CNc2cc(C(=O)N3CCCCC3)ccn2)CCCO1. The Hall–Kier alpha value is -1.62. The van der Waals surface area contributed by atoms with Gasteiger partial charge in [-0.15, -0.1) is 0 Å². The molecule has 0 saturated carbocycles. The number of nitrogens with zero attached hydrogens (tertiary/aromatic N) is 2. The van der Waals surface area contributed by atoms with Gasteiger partial charge in [-0.25, -0.2) is 4.98 Å². The van der Waals surface area contributed by atoms with E-state index in [0.717, 1.165) is 63.3 Å². The number of rotatable bonds is 4. The Kier molecular flexibility index (Phi) is 4.62. The van der Waals surface area contributed by atoms with Gasteiger partial charge in [0.25, 0.3) is 5.91 Å². The van der Waals surface area contributed by atoms with E-state index in [1.165, 1.54) is 6.42 Å². The number of piperidine rings is 1. The molecule has 2 fully saturated rings. The third kappa shape index (κ3) is 3.58. The van der Waals surface area contributed by atoms with E-state index in [4.69, 9.17) is 4.74 Å². The molecule has 5 nitrogen and oxygen atoms in total. The molecule has 5 heteroatoms. The number of hydrogen-bond donors (Lipinski definition) is 1. The first-order valence-electron chi connectivity index (χ1n) is 8.29. The highest BCUT2D eigenvalue weighted by Crippen LogP contribution is 2.25. The van der Waals surface area contributed by atoms with Crippen LogP contribution < -0.4 is 5.32 Å². The van der Waals surface area contributed by atoms with Crippen molar-refractivity contribution in [2.75, 3.05) is 31.6 Å². The zero-order valence-electron chi connectivity index (χ0n) is 13.3. The van der Waals surface area contributed by atoms with Gasteiger partial charge in [0.2, 0.25) is 0 Å². The number of anilines is 1. The summed E-state index contributed by atoms with van der Waals surface area (Å²) in [5.41, 5.74) is 0.603. The normalized spacial score (nSPS) is 25.2. The van der Waals surface area contributed by atoms with Gasteiger partial charge in [0, 0.05) is 38.0 Å². The van der Waals surface area contributed by atoms with Crippen molar-refractivity contribution in [1.29, 1.82) is 0 Å². The van der Waals surface area contributed by atoms with Crippen molar-refractivity contribution in [3.8, 4) is 0 Å². The number of likely N-dealkylation sites (tertiary alicyclic amines) is 1. The molecule has 0 aromatic carbocycles. The molecule has 3 heterocycles. The Labute approximate surface area is 132 Å². The third-order valence-corrected chi connectivity index (χ3v) is 4.59. The minimum Gasteiger partial charge on any atom is -0.373 e. The first kappa shape index (κ1) is 15.3. The van der Waals surface area contributed by atoms with Gasteiger partial charge in [0.05, 0.1) is 5.60 Å². The number of pyridine rings is 1. The fourth-order valence-electron chi connectivity index (χ4n) is 3.19. The molecule has 1 aromatic heterocycles. The average molecular weight is 303 g/mol. The van der Waals surface area contributed by atoms with Crippen LogP contribution in [0.1, 0.15) is 49.4 Å². The van der Waals surface area contributed by atoms with Crippen molar-refractivity contribution in [1.82, 2.24) is 9.88 Å². The van der Waals surface area contributed by atoms with E-state index in [2.05, 4.69) is 17.2 Å². The van der Waals surface area contributed by atoms with Crippen molar-refractivity contribution in [2.45, 2.75) is 44.6 Å². The van der Waals surface area contributed by atoms with E-state index in [9.17, 15) is 4.79 Å². The lowest BCUT2D eigenvalue weighted by atomic mass is 10.0. The van der Waals surface area contributed by atoms with Crippen LogP contribution in [0.25, 0.3) is 0 Å². The van der Waals surface area contributed by atoms with Crippen LogP contribution in [0.3, 0.4) is 0 Å². The first-order valence-corrected chi connectivity index (χ1v) is 8.29. The lowest BCUT2D eigenvalue weighted by Crippen LogP contribution is -2.35. The van der Waals surface area contributed by atoms with Crippen molar-refractivity contribution < 1.29 is 9.53 Å². The molecule has 2 aliphatic rings. The molecule has 0 bridgehead atoms. The zero-order valence-corrected chi connectivity index (χ0v) is 13.3. The first-order chi connectivity index (χ1) is 10.7. The smallest absolute Gasteiger partial charge is 0.254 e. The number of carbonyl (C=O) groups is 1. The molecule has 0 aliphatic carbocycles. The summed E-state index contributed by atoms with van der Waals surface area (Å²) in [6.45, 7) is 5.42. The van der Waals surface area contributed by atoms with Crippen LogP contribution in [0.4, 0.5) is 5.82 Å². The van der Waals surface area contributed by atoms with Crippen molar-refractivity contribution in [3.63, 3.8) is 0 Å². The number of nitrogens with one attached hydrogen (secondary N) is 1. The van der Waals surface area contributed by atoms with Crippen LogP contribution in [0.15, 0.2) is 18.3 Å². The number of ether oxygens (including phenoxy) is 1. The van der Waals surface area contributed by atoms with Crippen LogP contribution in [0, 0.1) is 0 Å². The summed E-state index contributed by atoms with van der Waals surface area (Å²) >= 11 is 0. The van der Waals surface area contributed by atoms with Gasteiger partial charge in [-0.3, -0.25) is 4.79 Å². The minimum absolute atomic E-state index is 0.117. The van der Waals surface area contributed by atoms with E-state index in [1.807, 2.05) is 11.0 Å². The fraction of sp³-hybridized carbons (Fsp3) is 0.647. The maximum atomic E-state index is 12.5. The molecule has 3 rings (SSSR count). The van der Waals surface area contributed by atoms with E-state index in [1.54, 1.807) is 12.3 Å². The van der Waals surface area contributed by atoms with Gasteiger partial charge < -0.3 is 15.0 Å². The van der Waals surface area contributed by atoms with Crippen LogP contribution >= 0.6 is 0 Å². The second-order valence-corrected chi connectivity index (χ2v) is 6.54. The summed E-state index contributed by atoms with van der Waals surface area (Å²) < 4.78 is 5.77. The number of aromatic nitrogens is 1. The predicted molar refractivity (Wildman–Crippen MR) is 86.1 cm³/mol. The van der Waals surface area contributed by atoms with Gasteiger partial charge >= 0.3 is 0 Å². The van der Waals surface area contributed by atoms with Gasteiger partial charge in [0.1, 0.15) is 5.82 Å². The summed E-state index contributed by atoms with van der Waals surface area (Å²) in [6.07, 6.45) is 7.32. The van der Waals surface area contributed by atoms with Gasteiger partial charge in [-0.05, 0) is 51.2 Å². The molecule has 0 radical (unpaired) electrons. The molecule has 1 atom stereocenters. The van der Waals surface area contributed by atoms with E-state index >= 15 is 0 Å². The van der Waals surface area contributed by atoms with Crippen LogP contribution in [-0.4, -0.2) is 47.6 Å². The minimum atomic E-state index is -0.117. The molecular weight excluding hydrogens is 278 g/mol. The predicted octanol–water partition coefficient (Wildman–Crippen LogP) is 2.69. The molecule has 0 spiro atoms. The Morgan fingerprint density at radius 1 is 1.36 bits per heavy atom. The van der Waals surface area contributed by atoms with Gasteiger partial charge in [0.15, 0.2) is 0 Å². The number of carbonyl (C=O) groups excluding carboxylic acids is 1. The summed E-state index contributed by atoms with van der Waals surface area (Å²) in [7, 11) is 0.